The number of hydrogen-bond donors (Lipinski definition) is 3. The number of fused-ring (bicyclic) bond motifs is 1. The third kappa shape index (κ3) is 4.65. The molecule has 0 unspecified atom stereocenters. The second-order valence-electron chi connectivity index (χ2n) is 8.43. The summed E-state index contributed by atoms with van der Waals surface area (Å²) in [5, 5.41) is 3.64. The van der Waals surface area contributed by atoms with Gasteiger partial charge in [0, 0.05) is 35.1 Å². The van der Waals surface area contributed by atoms with Crippen molar-refractivity contribution in [3.05, 3.63) is 77.9 Å². The van der Waals surface area contributed by atoms with Gasteiger partial charge in [0.2, 0.25) is 10.0 Å². The number of pyridine rings is 2. The van der Waals surface area contributed by atoms with Gasteiger partial charge in [-0.1, -0.05) is 19.1 Å². The van der Waals surface area contributed by atoms with E-state index in [1.165, 1.54) is 11.8 Å². The molecule has 4 aromatic rings. The SMILES string of the molecule is CCc1c[nH]c2ncc(-c3ccc(C(=O)NCc4cc(NS(=O)(=O)C5CC5)ccn4)cc3)cc12. The van der Waals surface area contributed by atoms with E-state index in [2.05, 4.69) is 38.0 Å². The van der Waals surface area contributed by atoms with Crippen LogP contribution in [0.4, 0.5) is 5.69 Å². The highest BCUT2D eigenvalue weighted by Crippen LogP contribution is 2.29. The highest BCUT2D eigenvalue weighted by Gasteiger charge is 2.35. The summed E-state index contributed by atoms with van der Waals surface area (Å²) in [6.07, 6.45) is 7.65. The minimum Gasteiger partial charge on any atom is -0.346 e. The first-order valence-corrected chi connectivity index (χ1v) is 12.8. The minimum absolute atomic E-state index is 0.188. The monoisotopic (exact) mass is 475 g/mol. The van der Waals surface area contributed by atoms with Crippen molar-refractivity contribution in [1.29, 1.82) is 0 Å². The number of rotatable bonds is 8. The molecule has 34 heavy (non-hydrogen) atoms. The van der Waals surface area contributed by atoms with Crippen LogP contribution < -0.4 is 10.0 Å². The van der Waals surface area contributed by atoms with Crippen molar-refractivity contribution in [2.75, 3.05) is 4.72 Å². The van der Waals surface area contributed by atoms with Crippen molar-refractivity contribution in [3.8, 4) is 11.1 Å². The number of carbonyl (C=O) groups is 1. The first-order valence-electron chi connectivity index (χ1n) is 11.2. The summed E-state index contributed by atoms with van der Waals surface area (Å²) >= 11 is 0. The fourth-order valence-electron chi connectivity index (χ4n) is 3.86. The molecule has 1 amide bonds. The van der Waals surface area contributed by atoms with Crippen LogP contribution in [0.15, 0.2) is 61.1 Å². The second kappa shape index (κ2) is 8.90. The van der Waals surface area contributed by atoms with Gasteiger partial charge in [0.1, 0.15) is 5.65 Å². The van der Waals surface area contributed by atoms with Crippen LogP contribution in [0.1, 0.15) is 41.4 Å². The lowest BCUT2D eigenvalue weighted by molar-refractivity contribution is 0.0950. The molecule has 3 heterocycles. The van der Waals surface area contributed by atoms with Crippen LogP contribution in [0.25, 0.3) is 22.2 Å². The molecule has 174 valence electrons. The van der Waals surface area contributed by atoms with Crippen molar-refractivity contribution in [3.63, 3.8) is 0 Å². The highest BCUT2D eigenvalue weighted by molar-refractivity contribution is 7.93. The van der Waals surface area contributed by atoms with Gasteiger partial charge in [0.25, 0.3) is 5.91 Å². The molecular weight excluding hydrogens is 450 g/mol. The van der Waals surface area contributed by atoms with Gasteiger partial charge < -0.3 is 10.3 Å². The molecule has 8 nitrogen and oxygen atoms in total. The van der Waals surface area contributed by atoms with Gasteiger partial charge in [-0.05, 0) is 60.7 Å². The molecule has 0 spiro atoms. The fourth-order valence-corrected chi connectivity index (χ4v) is 5.24. The van der Waals surface area contributed by atoms with Crippen molar-refractivity contribution < 1.29 is 13.2 Å². The lowest BCUT2D eigenvalue weighted by Crippen LogP contribution is -2.23. The average Bonchev–Trinajstić information content (AvgIpc) is 3.64. The second-order valence-corrected chi connectivity index (χ2v) is 10.4. The number of aryl methyl sites for hydroxylation is 1. The number of aromatic amines is 1. The highest BCUT2D eigenvalue weighted by atomic mass is 32.2. The van der Waals surface area contributed by atoms with Crippen LogP contribution >= 0.6 is 0 Å². The molecule has 3 aromatic heterocycles. The summed E-state index contributed by atoms with van der Waals surface area (Å²) in [6, 6.07) is 12.7. The first-order chi connectivity index (χ1) is 16.4. The van der Waals surface area contributed by atoms with Gasteiger partial charge in [-0.2, -0.15) is 0 Å². The normalized spacial score (nSPS) is 13.7. The molecular formula is C25H25N5O3S. The molecule has 1 aliphatic rings. The van der Waals surface area contributed by atoms with Crippen molar-refractivity contribution in [1.82, 2.24) is 20.3 Å². The molecule has 0 aliphatic heterocycles. The van der Waals surface area contributed by atoms with Crippen molar-refractivity contribution in [2.24, 2.45) is 0 Å². The zero-order chi connectivity index (χ0) is 23.7. The number of carbonyl (C=O) groups excluding carboxylic acids is 1. The number of benzene rings is 1. The largest absolute Gasteiger partial charge is 0.346 e. The third-order valence-electron chi connectivity index (χ3n) is 5.95. The Morgan fingerprint density at radius 2 is 1.88 bits per heavy atom. The van der Waals surface area contributed by atoms with Crippen LogP contribution in [-0.4, -0.2) is 34.5 Å². The van der Waals surface area contributed by atoms with E-state index in [9.17, 15) is 13.2 Å². The Balaban J connectivity index is 1.24. The molecule has 0 bridgehead atoms. The zero-order valence-corrected chi connectivity index (χ0v) is 19.5. The van der Waals surface area contributed by atoms with Crippen LogP contribution in [0, 0.1) is 0 Å². The number of nitrogens with one attached hydrogen (secondary N) is 3. The molecule has 0 atom stereocenters. The zero-order valence-electron chi connectivity index (χ0n) is 18.7. The topological polar surface area (TPSA) is 117 Å². The summed E-state index contributed by atoms with van der Waals surface area (Å²) in [5.74, 6) is -0.232. The van der Waals surface area contributed by atoms with E-state index in [0.29, 0.717) is 29.8 Å². The van der Waals surface area contributed by atoms with Gasteiger partial charge in [0.15, 0.2) is 0 Å². The number of nitrogens with zero attached hydrogens (tertiary/aromatic N) is 2. The summed E-state index contributed by atoms with van der Waals surface area (Å²) in [7, 11) is -3.34. The predicted octanol–water partition coefficient (Wildman–Crippen LogP) is 4.02. The standard InChI is InChI=1S/C25H25N5O3S/c1-2-16-13-27-24-23(16)11-19(14-28-24)17-3-5-18(6-4-17)25(31)29-15-21-12-20(9-10-26-21)30-34(32,33)22-7-8-22/h3-6,9-14,22H,2,7-8,15H2,1H3,(H,26,30)(H,27,28)(H,29,31). The van der Waals surface area contributed by atoms with E-state index in [4.69, 9.17) is 0 Å². The van der Waals surface area contributed by atoms with E-state index in [-0.39, 0.29) is 17.7 Å². The number of sulfonamides is 1. The fraction of sp³-hybridized carbons (Fsp3) is 0.240. The maximum Gasteiger partial charge on any atom is 0.251 e. The number of aromatic nitrogens is 3. The number of amides is 1. The Morgan fingerprint density at radius 1 is 1.09 bits per heavy atom. The minimum atomic E-state index is -3.34. The van der Waals surface area contributed by atoms with Crippen molar-refractivity contribution >= 4 is 32.7 Å². The summed E-state index contributed by atoms with van der Waals surface area (Å²) in [5.41, 5.74) is 5.61. The average molecular weight is 476 g/mol. The van der Waals surface area contributed by atoms with Gasteiger partial charge in [-0.15, -0.1) is 0 Å². The lowest BCUT2D eigenvalue weighted by atomic mass is 10.0. The quantitative estimate of drug-likeness (QED) is 0.356. The summed E-state index contributed by atoms with van der Waals surface area (Å²) in [6.45, 7) is 2.30. The maximum atomic E-state index is 12.6. The lowest BCUT2D eigenvalue weighted by Gasteiger charge is -2.09. The van der Waals surface area contributed by atoms with E-state index in [0.717, 1.165) is 28.6 Å². The number of H-pyrrole nitrogens is 1. The molecule has 1 aliphatic carbocycles. The van der Waals surface area contributed by atoms with Gasteiger partial charge in [0.05, 0.1) is 23.2 Å². The van der Waals surface area contributed by atoms with Crippen LogP contribution in [-0.2, 0) is 23.0 Å². The van der Waals surface area contributed by atoms with Gasteiger partial charge in [-0.25, -0.2) is 13.4 Å². The maximum absolute atomic E-state index is 12.6. The summed E-state index contributed by atoms with van der Waals surface area (Å²) in [4.78, 5) is 24.6. The van der Waals surface area contributed by atoms with Crippen LogP contribution in [0.2, 0.25) is 0 Å². The molecule has 1 saturated carbocycles. The molecule has 1 aromatic carbocycles. The molecule has 0 saturated heterocycles. The van der Waals surface area contributed by atoms with E-state index >= 15 is 0 Å². The molecule has 9 heteroatoms. The molecule has 3 N–H and O–H groups in total. The smallest absolute Gasteiger partial charge is 0.251 e. The van der Waals surface area contributed by atoms with Crippen LogP contribution in [0.5, 0.6) is 0 Å². The third-order valence-corrected chi connectivity index (χ3v) is 7.82. The van der Waals surface area contributed by atoms with Crippen LogP contribution in [0.3, 0.4) is 0 Å². The Hall–Kier alpha value is -3.72. The first kappa shape index (κ1) is 22.1. The Bertz CT molecular complexity index is 1460. The number of anilines is 1. The van der Waals surface area contributed by atoms with Gasteiger partial charge >= 0.3 is 0 Å². The molecule has 0 radical (unpaired) electrons. The van der Waals surface area contributed by atoms with E-state index in [1.54, 1.807) is 24.3 Å². The van der Waals surface area contributed by atoms with E-state index in [1.807, 2.05) is 24.5 Å². The predicted molar refractivity (Wildman–Crippen MR) is 132 cm³/mol. The Labute approximate surface area is 197 Å². The Kier molecular flexibility index (Phi) is 5.79. The number of hydrogen-bond acceptors (Lipinski definition) is 5. The Morgan fingerprint density at radius 3 is 2.62 bits per heavy atom. The summed E-state index contributed by atoms with van der Waals surface area (Å²) < 4.78 is 26.9. The molecule has 1 fully saturated rings. The van der Waals surface area contributed by atoms with Crippen molar-refractivity contribution in [2.45, 2.75) is 38.0 Å². The van der Waals surface area contributed by atoms with Gasteiger partial charge in [-0.3, -0.25) is 14.5 Å². The van der Waals surface area contributed by atoms with E-state index < -0.39 is 10.0 Å². The molecule has 5 rings (SSSR count).